The second-order valence-electron chi connectivity index (χ2n) is 15.6. The molecule has 0 radical (unpaired) electrons. The Kier molecular flexibility index (Phi) is 10.6. The molecule has 0 saturated heterocycles. The molecule has 1 unspecified atom stereocenters. The Labute approximate surface area is 241 Å². The summed E-state index contributed by atoms with van der Waals surface area (Å²) in [5.74, 6) is 5.55. The normalized spacial score (nSPS) is 43.1. The van der Waals surface area contributed by atoms with Gasteiger partial charge in [-0.1, -0.05) is 97.3 Å². The van der Waals surface area contributed by atoms with Crippen LogP contribution in [-0.4, -0.2) is 12.0 Å². The number of alkyl halides is 1. The number of ketones is 1. The minimum atomic E-state index is -0.840. The van der Waals surface area contributed by atoms with Crippen LogP contribution in [0.2, 0.25) is 0 Å². The summed E-state index contributed by atoms with van der Waals surface area (Å²) in [6, 6.07) is 0. The first-order valence-electron chi connectivity index (χ1n) is 18.2. The van der Waals surface area contributed by atoms with Crippen molar-refractivity contribution in [1.29, 1.82) is 0 Å². The molecular weight excluding hydrogens is 479 g/mol. The third-order valence-electron chi connectivity index (χ3n) is 13.5. The summed E-state index contributed by atoms with van der Waals surface area (Å²) in [5, 5.41) is 0. The lowest BCUT2D eigenvalue weighted by Crippen LogP contribution is -2.69. The number of hydrogen-bond acceptors (Lipinski definition) is 1. The van der Waals surface area contributed by atoms with Gasteiger partial charge in [0.1, 0.15) is 6.17 Å². The summed E-state index contributed by atoms with van der Waals surface area (Å²) in [6.07, 6.45) is 31.0. The lowest BCUT2D eigenvalue weighted by atomic mass is 9.41. The van der Waals surface area contributed by atoms with Crippen molar-refractivity contribution in [3.05, 3.63) is 0 Å². The molecule has 2 spiro atoms. The summed E-state index contributed by atoms with van der Waals surface area (Å²) in [5.41, 5.74) is -1.14. The Morgan fingerprint density at radius 1 is 0.538 bits per heavy atom. The maximum Gasteiger partial charge on any atom is 0.151 e. The largest absolute Gasteiger partial charge is 0.298 e. The molecule has 0 heterocycles. The predicted molar refractivity (Wildman–Crippen MR) is 162 cm³/mol. The highest BCUT2D eigenvalue weighted by atomic mass is 19.1. The van der Waals surface area contributed by atoms with Gasteiger partial charge in [0.05, 0.1) is 10.8 Å². The molecule has 1 atom stereocenters. The van der Waals surface area contributed by atoms with E-state index >= 15 is 4.39 Å². The number of carbonyl (C=O) groups excluding carboxylic acids is 1. The van der Waals surface area contributed by atoms with Gasteiger partial charge >= 0.3 is 0 Å². The summed E-state index contributed by atoms with van der Waals surface area (Å²) >= 11 is 0. The molecule has 0 bridgehead atoms. The minimum absolute atomic E-state index is 0.383. The maximum absolute atomic E-state index is 16.2. The molecule has 0 amide bonds. The predicted octanol–water partition coefficient (Wildman–Crippen LogP) is 11.4. The first-order chi connectivity index (χ1) is 19.0. The quantitative estimate of drug-likeness (QED) is 0.237. The van der Waals surface area contributed by atoms with Gasteiger partial charge in [0.2, 0.25) is 0 Å². The van der Waals surface area contributed by atoms with Crippen molar-refractivity contribution in [2.75, 3.05) is 0 Å². The molecule has 0 aromatic carbocycles. The van der Waals surface area contributed by atoms with Crippen molar-refractivity contribution >= 4 is 5.78 Å². The number of Topliss-reactive ketones (excluding diaryl/α,β-unsaturated/α-hetero) is 1. The maximum atomic E-state index is 16.2. The fourth-order valence-electron chi connectivity index (χ4n) is 10.9. The fraction of sp³-hybridized carbons (Fsp3) is 0.973. The van der Waals surface area contributed by atoms with Crippen molar-refractivity contribution in [2.24, 2.45) is 46.3 Å². The van der Waals surface area contributed by atoms with Crippen LogP contribution in [0.15, 0.2) is 0 Å². The Morgan fingerprint density at radius 2 is 0.949 bits per heavy atom. The summed E-state index contributed by atoms with van der Waals surface area (Å²) < 4.78 is 16.2. The van der Waals surface area contributed by atoms with E-state index in [4.69, 9.17) is 0 Å². The average molecular weight is 543 g/mol. The SMILES string of the molecule is CCCCCCCCC1CCC(C2CCC3(CC2)C(=O)C2(CCC(C4CCC(CCC)CC4)CC2)C3F)CC1. The van der Waals surface area contributed by atoms with Gasteiger partial charge in [-0.3, -0.25) is 4.79 Å². The van der Waals surface area contributed by atoms with Crippen molar-refractivity contribution in [2.45, 2.75) is 181 Å². The zero-order valence-electron chi connectivity index (χ0n) is 26.0. The summed E-state index contributed by atoms with van der Waals surface area (Å²) in [6.45, 7) is 4.61. The van der Waals surface area contributed by atoms with E-state index < -0.39 is 17.0 Å². The van der Waals surface area contributed by atoms with Crippen LogP contribution in [0.5, 0.6) is 0 Å². The molecular formula is C37H63FO. The van der Waals surface area contributed by atoms with Crippen LogP contribution in [0.3, 0.4) is 0 Å². The van der Waals surface area contributed by atoms with E-state index in [1.54, 1.807) is 0 Å². The lowest BCUT2D eigenvalue weighted by Gasteiger charge is -2.62. The van der Waals surface area contributed by atoms with Crippen molar-refractivity contribution in [3.63, 3.8) is 0 Å². The first-order valence-corrected chi connectivity index (χ1v) is 18.2. The van der Waals surface area contributed by atoms with E-state index in [1.807, 2.05) is 0 Å². The Morgan fingerprint density at radius 3 is 1.38 bits per heavy atom. The van der Waals surface area contributed by atoms with Crippen molar-refractivity contribution in [3.8, 4) is 0 Å². The van der Waals surface area contributed by atoms with Crippen LogP contribution in [0.25, 0.3) is 0 Å². The molecule has 224 valence electrons. The molecule has 0 aliphatic heterocycles. The van der Waals surface area contributed by atoms with Gasteiger partial charge < -0.3 is 0 Å². The molecule has 5 fully saturated rings. The van der Waals surface area contributed by atoms with E-state index in [1.165, 1.54) is 109 Å². The number of rotatable bonds is 11. The topological polar surface area (TPSA) is 17.1 Å². The van der Waals surface area contributed by atoms with Crippen LogP contribution in [0.4, 0.5) is 4.39 Å². The Balaban J connectivity index is 1.02. The summed E-state index contributed by atoms with van der Waals surface area (Å²) in [7, 11) is 0. The molecule has 0 aromatic heterocycles. The van der Waals surface area contributed by atoms with Gasteiger partial charge in [0, 0.05) is 0 Å². The second-order valence-corrected chi connectivity index (χ2v) is 15.6. The first kappa shape index (κ1) is 30.1. The van der Waals surface area contributed by atoms with E-state index in [-0.39, 0.29) is 0 Å². The molecule has 0 N–H and O–H groups in total. The molecule has 39 heavy (non-hydrogen) atoms. The van der Waals surface area contributed by atoms with E-state index in [0.29, 0.717) is 5.78 Å². The van der Waals surface area contributed by atoms with E-state index in [0.717, 1.165) is 86.9 Å². The van der Waals surface area contributed by atoms with Crippen LogP contribution >= 0.6 is 0 Å². The molecule has 5 aliphatic rings. The standard InChI is InChI=1S/C37H63FO/c1-3-5-6-7-8-9-11-29-14-18-31(19-15-29)33-22-26-37(27-23-33)34(38)36(35(37)39)24-20-32(21-25-36)30-16-12-28(10-4-2)13-17-30/h28-34H,3-27H2,1-2H3. The Hall–Kier alpha value is -0.400. The highest BCUT2D eigenvalue weighted by Gasteiger charge is 2.71. The highest BCUT2D eigenvalue weighted by Crippen LogP contribution is 2.66. The van der Waals surface area contributed by atoms with Gasteiger partial charge in [0.15, 0.2) is 5.78 Å². The van der Waals surface area contributed by atoms with Crippen LogP contribution < -0.4 is 0 Å². The Bertz CT molecular complexity index is 741. The van der Waals surface area contributed by atoms with Gasteiger partial charge in [-0.2, -0.15) is 0 Å². The van der Waals surface area contributed by atoms with Crippen LogP contribution in [0.1, 0.15) is 174 Å². The molecule has 1 nitrogen and oxygen atoms in total. The van der Waals surface area contributed by atoms with Crippen LogP contribution in [-0.2, 0) is 4.79 Å². The molecule has 5 rings (SSSR count). The zero-order valence-corrected chi connectivity index (χ0v) is 26.0. The summed E-state index contributed by atoms with van der Waals surface area (Å²) in [4.78, 5) is 13.8. The third kappa shape index (κ3) is 6.35. The average Bonchev–Trinajstić information content (AvgIpc) is 2.99. The number of hydrogen-bond donors (Lipinski definition) is 0. The minimum Gasteiger partial charge on any atom is -0.298 e. The van der Waals surface area contributed by atoms with Gasteiger partial charge in [-0.05, 0) is 113 Å². The number of unbranched alkanes of at least 4 members (excludes halogenated alkanes) is 5. The lowest BCUT2D eigenvalue weighted by molar-refractivity contribution is -0.194. The smallest absolute Gasteiger partial charge is 0.151 e. The molecule has 5 saturated carbocycles. The van der Waals surface area contributed by atoms with Gasteiger partial charge in [-0.15, -0.1) is 0 Å². The second kappa shape index (κ2) is 13.7. The zero-order chi connectivity index (χ0) is 27.3. The fourth-order valence-corrected chi connectivity index (χ4v) is 10.9. The van der Waals surface area contributed by atoms with Crippen molar-refractivity contribution < 1.29 is 9.18 Å². The van der Waals surface area contributed by atoms with Gasteiger partial charge in [0.25, 0.3) is 0 Å². The van der Waals surface area contributed by atoms with E-state index in [9.17, 15) is 4.79 Å². The van der Waals surface area contributed by atoms with E-state index in [2.05, 4.69) is 13.8 Å². The molecule has 2 heteroatoms. The number of halogens is 1. The number of carbonyl (C=O) groups is 1. The third-order valence-corrected chi connectivity index (χ3v) is 13.5. The molecule has 0 aromatic rings. The molecule has 5 aliphatic carbocycles. The van der Waals surface area contributed by atoms with Gasteiger partial charge in [-0.25, -0.2) is 4.39 Å². The highest BCUT2D eigenvalue weighted by molar-refractivity contribution is 5.98. The van der Waals surface area contributed by atoms with Crippen LogP contribution in [0, 0.1) is 46.3 Å². The van der Waals surface area contributed by atoms with Crippen molar-refractivity contribution in [1.82, 2.24) is 0 Å². The monoisotopic (exact) mass is 542 g/mol.